The molecule has 2 aromatic heterocycles. The minimum atomic E-state index is -1.00. The molecule has 0 spiro atoms. The Morgan fingerprint density at radius 2 is 1.39 bits per heavy atom. The van der Waals surface area contributed by atoms with Gasteiger partial charge in [0.25, 0.3) is 0 Å². The van der Waals surface area contributed by atoms with Gasteiger partial charge in [-0.3, -0.25) is 9.97 Å². The van der Waals surface area contributed by atoms with Crippen molar-refractivity contribution in [2.24, 2.45) is 0 Å². The molecule has 4 rings (SSSR count). The average molecular weight is 390 g/mol. The number of hydrogen-bond donors (Lipinski definition) is 2. The molecule has 28 heavy (non-hydrogen) atoms. The van der Waals surface area contributed by atoms with E-state index in [1.165, 1.54) is 12.4 Å². The van der Waals surface area contributed by atoms with E-state index in [0.29, 0.717) is 5.75 Å². The van der Waals surface area contributed by atoms with Crippen LogP contribution in [0.2, 0.25) is 0 Å². The Morgan fingerprint density at radius 1 is 0.821 bits per heavy atom. The second-order valence-corrected chi connectivity index (χ2v) is 7.18. The largest absolute Gasteiger partial charge is 0.478 e. The molecule has 4 aromatic rings. The highest BCUT2D eigenvalue weighted by Crippen LogP contribution is 2.31. The Balaban J connectivity index is 1.66. The molecule has 138 valence electrons. The number of pyridine rings is 2. The van der Waals surface area contributed by atoms with Gasteiger partial charge < -0.3 is 10.2 Å². The van der Waals surface area contributed by atoms with Gasteiger partial charge in [-0.25, -0.2) is 9.59 Å². The monoisotopic (exact) mass is 390 g/mol. The van der Waals surface area contributed by atoms with Gasteiger partial charge in [-0.05, 0) is 23.8 Å². The molecule has 0 bridgehead atoms. The Bertz CT molecular complexity index is 1140. The highest BCUT2D eigenvalue weighted by Gasteiger charge is 2.11. The van der Waals surface area contributed by atoms with Gasteiger partial charge in [0.15, 0.2) is 0 Å². The van der Waals surface area contributed by atoms with Crippen LogP contribution >= 0.6 is 11.8 Å². The molecular weight excluding hydrogens is 376 g/mol. The van der Waals surface area contributed by atoms with Gasteiger partial charge in [0, 0.05) is 33.8 Å². The summed E-state index contributed by atoms with van der Waals surface area (Å²) in [5.41, 5.74) is 2.81. The number of aromatic nitrogens is 2. The van der Waals surface area contributed by atoms with Crippen molar-refractivity contribution in [3.8, 4) is 0 Å². The van der Waals surface area contributed by atoms with Gasteiger partial charge >= 0.3 is 11.9 Å². The van der Waals surface area contributed by atoms with Crippen LogP contribution in [-0.4, -0.2) is 32.1 Å². The van der Waals surface area contributed by atoms with Crippen molar-refractivity contribution < 1.29 is 19.8 Å². The Morgan fingerprint density at radius 3 is 2.04 bits per heavy atom. The quantitative estimate of drug-likeness (QED) is 0.485. The van der Waals surface area contributed by atoms with E-state index in [2.05, 4.69) is 9.97 Å². The lowest BCUT2D eigenvalue weighted by Gasteiger charge is -2.09. The van der Waals surface area contributed by atoms with Gasteiger partial charge in [0.2, 0.25) is 0 Å². The number of thioether (sulfide) groups is 1. The first-order valence-electron chi connectivity index (χ1n) is 8.39. The molecule has 2 aromatic carbocycles. The molecule has 0 aliphatic heterocycles. The van der Waals surface area contributed by atoms with Crippen molar-refractivity contribution in [3.63, 3.8) is 0 Å². The normalized spacial score (nSPS) is 11.0. The summed E-state index contributed by atoms with van der Waals surface area (Å²) in [6.45, 7) is 0. The molecule has 0 aliphatic carbocycles. The number of benzene rings is 2. The fourth-order valence-corrected chi connectivity index (χ4v) is 4.01. The molecule has 6 nitrogen and oxygen atoms in total. The van der Waals surface area contributed by atoms with Crippen LogP contribution < -0.4 is 0 Å². The first-order valence-corrected chi connectivity index (χ1v) is 9.37. The van der Waals surface area contributed by atoms with Gasteiger partial charge in [-0.2, -0.15) is 0 Å². The third-order valence-electron chi connectivity index (χ3n) is 4.35. The van der Waals surface area contributed by atoms with Crippen molar-refractivity contribution in [1.82, 2.24) is 9.97 Å². The molecule has 0 saturated carbocycles. The lowest BCUT2D eigenvalue weighted by Crippen LogP contribution is -1.98. The van der Waals surface area contributed by atoms with E-state index in [1.54, 1.807) is 23.9 Å². The van der Waals surface area contributed by atoms with Crippen LogP contribution in [0.3, 0.4) is 0 Å². The molecule has 7 heteroatoms. The van der Waals surface area contributed by atoms with E-state index < -0.39 is 11.9 Å². The summed E-state index contributed by atoms with van der Waals surface area (Å²) in [5.74, 6) is -1.38. The van der Waals surface area contributed by atoms with Crippen LogP contribution in [0, 0.1) is 0 Å². The van der Waals surface area contributed by atoms with Crippen molar-refractivity contribution >= 4 is 45.5 Å². The molecule has 0 fully saturated rings. The maximum absolute atomic E-state index is 11.1. The van der Waals surface area contributed by atoms with E-state index in [1.807, 2.05) is 36.4 Å². The minimum Gasteiger partial charge on any atom is -0.478 e. The molecule has 2 N–H and O–H groups in total. The molecule has 0 unspecified atom stereocenters. The number of carbonyl (C=O) groups is 2. The van der Waals surface area contributed by atoms with Gasteiger partial charge in [-0.1, -0.05) is 30.3 Å². The zero-order valence-electron chi connectivity index (χ0n) is 14.5. The fourth-order valence-electron chi connectivity index (χ4n) is 2.98. The summed E-state index contributed by atoms with van der Waals surface area (Å²) in [6, 6.07) is 14.6. The number of carboxylic acids is 2. The van der Waals surface area contributed by atoms with E-state index in [4.69, 9.17) is 10.2 Å². The van der Waals surface area contributed by atoms with Crippen molar-refractivity contribution in [2.45, 2.75) is 10.6 Å². The molecule has 0 radical (unpaired) electrons. The summed E-state index contributed by atoms with van der Waals surface area (Å²) in [7, 11) is 0. The topological polar surface area (TPSA) is 100 Å². The zero-order chi connectivity index (χ0) is 19.7. The molecule has 0 atom stereocenters. The summed E-state index contributed by atoms with van der Waals surface area (Å²) in [4.78, 5) is 31.9. The lowest BCUT2D eigenvalue weighted by molar-refractivity contribution is 0.0686. The van der Waals surface area contributed by atoms with Crippen LogP contribution in [0.15, 0.2) is 65.8 Å². The van der Waals surface area contributed by atoms with Gasteiger partial charge in [-0.15, -0.1) is 11.8 Å². The second-order valence-electron chi connectivity index (χ2n) is 6.16. The molecule has 2 heterocycles. The van der Waals surface area contributed by atoms with Crippen LogP contribution in [0.25, 0.3) is 21.8 Å². The predicted molar refractivity (Wildman–Crippen MR) is 107 cm³/mol. The van der Waals surface area contributed by atoms with Crippen LogP contribution in [0.1, 0.15) is 26.3 Å². The number of para-hydroxylation sites is 2. The standard InChI is InChI=1S/C21H14N2O4S/c24-20(25)15-7-12-3-1-5-14(18(12)22-9-15)11-28-17-6-2-4-13-8-16(21(26)27)10-23-19(13)17/h1-10H,11H2,(H,24,25)(H,26,27). The number of nitrogens with zero attached hydrogens (tertiary/aromatic N) is 2. The summed E-state index contributed by atoms with van der Waals surface area (Å²) in [5, 5.41) is 19.8. The lowest BCUT2D eigenvalue weighted by atomic mass is 10.1. The first-order chi connectivity index (χ1) is 13.5. The SMILES string of the molecule is O=C(O)c1cnc2c(CSc3cccc4cc(C(=O)O)cnc34)cccc2c1. The highest BCUT2D eigenvalue weighted by atomic mass is 32.2. The van der Waals surface area contributed by atoms with Gasteiger partial charge in [0.1, 0.15) is 0 Å². The smallest absolute Gasteiger partial charge is 0.337 e. The molecular formula is C21H14N2O4S. The minimum absolute atomic E-state index is 0.155. The second kappa shape index (κ2) is 7.28. The number of hydrogen-bond acceptors (Lipinski definition) is 5. The van der Waals surface area contributed by atoms with Crippen LogP contribution in [-0.2, 0) is 5.75 Å². The van der Waals surface area contributed by atoms with Crippen LogP contribution in [0.4, 0.5) is 0 Å². The zero-order valence-corrected chi connectivity index (χ0v) is 15.3. The van der Waals surface area contributed by atoms with E-state index in [0.717, 1.165) is 32.3 Å². The number of carboxylic acid groups (broad SMARTS) is 2. The van der Waals surface area contributed by atoms with Crippen molar-refractivity contribution in [1.29, 1.82) is 0 Å². The Kier molecular flexibility index (Phi) is 4.67. The van der Waals surface area contributed by atoms with Gasteiger partial charge in [0.05, 0.1) is 22.2 Å². The Hall–Kier alpha value is -3.45. The van der Waals surface area contributed by atoms with E-state index >= 15 is 0 Å². The summed E-state index contributed by atoms with van der Waals surface area (Å²) >= 11 is 1.58. The van der Waals surface area contributed by atoms with E-state index in [9.17, 15) is 9.59 Å². The number of fused-ring (bicyclic) bond motifs is 2. The summed E-state index contributed by atoms with van der Waals surface area (Å²) in [6.07, 6.45) is 2.73. The maximum Gasteiger partial charge on any atom is 0.337 e. The predicted octanol–water partition coefficient (Wildman–Crippen LogP) is 4.47. The van der Waals surface area contributed by atoms with Crippen molar-refractivity contribution in [3.05, 3.63) is 77.6 Å². The van der Waals surface area contributed by atoms with Crippen LogP contribution in [0.5, 0.6) is 0 Å². The Labute approximate surface area is 163 Å². The average Bonchev–Trinajstić information content (AvgIpc) is 2.71. The maximum atomic E-state index is 11.1. The van der Waals surface area contributed by atoms with E-state index in [-0.39, 0.29) is 11.1 Å². The molecule has 0 aliphatic rings. The number of rotatable bonds is 5. The highest BCUT2D eigenvalue weighted by molar-refractivity contribution is 7.98. The fraction of sp³-hybridized carbons (Fsp3) is 0.0476. The summed E-state index contributed by atoms with van der Waals surface area (Å²) < 4.78 is 0. The molecule has 0 saturated heterocycles. The third-order valence-corrected chi connectivity index (χ3v) is 5.44. The first kappa shape index (κ1) is 17.9. The van der Waals surface area contributed by atoms with Crippen molar-refractivity contribution in [2.75, 3.05) is 0 Å². The molecule has 0 amide bonds. The third kappa shape index (κ3) is 3.39. The number of aromatic carboxylic acids is 2.